The van der Waals surface area contributed by atoms with Crippen molar-refractivity contribution < 1.29 is 19.5 Å². The number of ketones is 2. The third-order valence-electron chi connectivity index (χ3n) is 2.14. The Morgan fingerprint density at radius 2 is 1.55 bits per heavy atom. The van der Waals surface area contributed by atoms with E-state index in [1.807, 2.05) is 0 Å². The van der Waals surface area contributed by atoms with Crippen molar-refractivity contribution in [2.45, 2.75) is 19.5 Å². The first-order valence-electron chi connectivity index (χ1n) is 6.20. The number of carboxylic acids is 1. The van der Waals surface area contributed by atoms with E-state index in [1.165, 1.54) is 11.7 Å². The lowest BCUT2D eigenvalue weighted by Gasteiger charge is -2.10. The molecule has 1 rings (SSSR count). The normalized spacial score (nSPS) is 10.2. The quantitative estimate of drug-likeness (QED) is 0.467. The summed E-state index contributed by atoms with van der Waals surface area (Å²) in [5, 5.41) is 9.62. The van der Waals surface area contributed by atoms with E-state index in [0.717, 1.165) is 6.92 Å². The van der Waals surface area contributed by atoms with Crippen LogP contribution in [-0.4, -0.2) is 37.5 Å². The topological polar surface area (TPSA) is 74.3 Å². The fraction of sp³-hybridized carbons (Fsp3) is 0.400. The van der Waals surface area contributed by atoms with E-state index in [-0.39, 0.29) is 0 Å². The molecule has 0 saturated carbocycles. The van der Waals surface area contributed by atoms with Crippen molar-refractivity contribution in [1.29, 1.82) is 0 Å². The van der Waals surface area contributed by atoms with Crippen LogP contribution in [0.1, 0.15) is 18.9 Å². The molecule has 0 aromatic heterocycles. The number of hydrogen-bond donors (Lipinski definition) is 0. The summed E-state index contributed by atoms with van der Waals surface area (Å²) in [4.78, 5) is 29.7. The van der Waals surface area contributed by atoms with Crippen LogP contribution in [-0.2, 0) is 20.5 Å². The Bertz CT molecular complexity index is 461. The lowest BCUT2D eigenvalue weighted by molar-refractivity contribution is -0.300. The zero-order valence-corrected chi connectivity index (χ0v) is 13.3. The lowest BCUT2D eigenvalue weighted by atomic mass is 10.2. The van der Waals surface area contributed by atoms with Gasteiger partial charge in [0.1, 0.15) is 11.8 Å². The Balaban J connectivity index is 0.000000370. The second-order valence-electron chi connectivity index (χ2n) is 5.52. The number of aliphatic carboxylic acids is 1. The zero-order valence-electron chi connectivity index (χ0n) is 12.4. The van der Waals surface area contributed by atoms with Crippen LogP contribution in [0.5, 0.6) is 0 Å². The summed E-state index contributed by atoms with van der Waals surface area (Å²) < 4.78 is 0. The molecule has 1 aromatic rings. The van der Waals surface area contributed by atoms with Gasteiger partial charge in [0.2, 0.25) is 0 Å². The van der Waals surface area contributed by atoms with E-state index >= 15 is 0 Å². The molecule has 0 aliphatic carbocycles. The predicted molar refractivity (Wildman–Crippen MR) is 80.2 cm³/mol. The summed E-state index contributed by atoms with van der Waals surface area (Å²) in [6.07, 6.45) is 0.705. The van der Waals surface area contributed by atoms with Gasteiger partial charge in [0.15, 0.2) is 5.78 Å². The molecule has 0 aliphatic heterocycles. The SMILES string of the molecule is CC(=O)CC(=O)C(=O)[O-].C[P+](C)(C)Cc1ccccc1. The minimum absolute atomic E-state index is 0.468. The summed E-state index contributed by atoms with van der Waals surface area (Å²) >= 11 is 0. The molecule has 0 aliphatic rings. The molecule has 0 radical (unpaired) electrons. The highest BCUT2D eigenvalue weighted by atomic mass is 31.2. The van der Waals surface area contributed by atoms with Crippen LogP contribution in [0.4, 0.5) is 0 Å². The van der Waals surface area contributed by atoms with Crippen LogP contribution in [0.15, 0.2) is 30.3 Å². The first-order valence-corrected chi connectivity index (χ1v) is 9.51. The molecule has 110 valence electrons. The summed E-state index contributed by atoms with van der Waals surface area (Å²) in [5.41, 5.74) is 1.48. The highest BCUT2D eigenvalue weighted by Crippen LogP contribution is 2.49. The minimum atomic E-state index is -1.80. The molecule has 0 atom stereocenters. The van der Waals surface area contributed by atoms with Crippen molar-refractivity contribution in [2.24, 2.45) is 0 Å². The monoisotopic (exact) mass is 296 g/mol. The van der Waals surface area contributed by atoms with Crippen molar-refractivity contribution in [2.75, 3.05) is 20.0 Å². The first-order chi connectivity index (χ1) is 9.11. The maximum absolute atomic E-state index is 10.1. The number of carbonyl (C=O) groups is 3. The van der Waals surface area contributed by atoms with E-state index in [9.17, 15) is 19.5 Å². The summed E-state index contributed by atoms with van der Waals surface area (Å²) in [7, 11) is -0.638. The van der Waals surface area contributed by atoms with Gasteiger partial charge in [0.05, 0.1) is 12.6 Å². The highest BCUT2D eigenvalue weighted by molar-refractivity contribution is 7.72. The second-order valence-corrected chi connectivity index (χ2v) is 10.4. The first kappa shape index (κ1) is 18.5. The number of benzene rings is 1. The molecule has 4 nitrogen and oxygen atoms in total. The van der Waals surface area contributed by atoms with E-state index in [4.69, 9.17) is 0 Å². The molecule has 5 heteroatoms. The lowest BCUT2D eigenvalue weighted by Crippen LogP contribution is -2.32. The molecule has 0 bridgehead atoms. The van der Waals surface area contributed by atoms with Gasteiger partial charge in [-0.05, 0) is 12.5 Å². The summed E-state index contributed by atoms with van der Waals surface area (Å²) in [5.74, 6) is -3.43. The molecule has 0 fully saturated rings. The highest BCUT2D eigenvalue weighted by Gasteiger charge is 2.16. The maximum atomic E-state index is 10.1. The van der Waals surface area contributed by atoms with Crippen molar-refractivity contribution in [1.82, 2.24) is 0 Å². The summed E-state index contributed by atoms with van der Waals surface area (Å²) in [6.45, 7) is 8.26. The van der Waals surface area contributed by atoms with Crippen molar-refractivity contribution in [3.05, 3.63) is 35.9 Å². The van der Waals surface area contributed by atoms with Crippen LogP contribution in [0.25, 0.3) is 0 Å². The Kier molecular flexibility index (Phi) is 7.93. The van der Waals surface area contributed by atoms with Crippen LogP contribution < -0.4 is 5.11 Å². The Hall–Kier alpha value is -1.54. The Labute approximate surface area is 120 Å². The molecule has 0 unspecified atom stereocenters. The van der Waals surface area contributed by atoms with Crippen LogP contribution in [0, 0.1) is 0 Å². The molecule has 0 spiro atoms. The number of carboxylic acid groups (broad SMARTS) is 1. The van der Waals surface area contributed by atoms with Gasteiger partial charge in [-0.3, -0.25) is 9.59 Å². The third kappa shape index (κ3) is 10.4. The van der Waals surface area contributed by atoms with E-state index in [0.29, 0.717) is 0 Å². The smallest absolute Gasteiger partial charge is 0.185 e. The Morgan fingerprint density at radius 3 is 1.85 bits per heavy atom. The molecule has 1 aromatic carbocycles. The number of hydrogen-bond acceptors (Lipinski definition) is 4. The molecular formula is C15H21O4P. The summed E-state index contributed by atoms with van der Waals surface area (Å²) in [6, 6.07) is 10.7. The van der Waals surface area contributed by atoms with E-state index < -0.39 is 31.2 Å². The molecule has 0 amide bonds. The van der Waals surface area contributed by atoms with Crippen molar-refractivity contribution in [3.63, 3.8) is 0 Å². The van der Waals surface area contributed by atoms with Gasteiger partial charge in [-0.25, -0.2) is 0 Å². The molecular weight excluding hydrogens is 275 g/mol. The van der Waals surface area contributed by atoms with Crippen LogP contribution >= 0.6 is 7.26 Å². The van der Waals surface area contributed by atoms with Crippen LogP contribution in [0.3, 0.4) is 0 Å². The van der Waals surface area contributed by atoms with Crippen molar-refractivity contribution in [3.8, 4) is 0 Å². The standard InChI is InChI=1S/C10H16P.C5H6O4/c1-11(2,3)9-10-7-5-4-6-8-10;1-3(6)2-4(7)5(8)9/h4-8H,9H2,1-3H3;2H2,1H3,(H,8,9)/q+1;/p-1. The Morgan fingerprint density at radius 1 is 1.05 bits per heavy atom. The van der Waals surface area contributed by atoms with E-state index in [2.05, 4.69) is 50.3 Å². The fourth-order valence-corrected chi connectivity index (χ4v) is 2.74. The maximum Gasteiger partial charge on any atom is 0.185 e. The van der Waals surface area contributed by atoms with Gasteiger partial charge >= 0.3 is 0 Å². The number of carbonyl (C=O) groups excluding carboxylic acids is 3. The second kappa shape index (κ2) is 8.60. The average Bonchev–Trinajstić information content (AvgIpc) is 2.27. The van der Waals surface area contributed by atoms with Gasteiger partial charge in [-0.1, -0.05) is 30.3 Å². The number of Topliss-reactive ketones (excluding diaryl/α,β-unsaturated/α-hetero) is 2. The van der Waals surface area contributed by atoms with E-state index in [1.54, 1.807) is 0 Å². The van der Waals surface area contributed by atoms with Crippen LogP contribution in [0.2, 0.25) is 0 Å². The fourth-order valence-electron chi connectivity index (χ4n) is 1.43. The average molecular weight is 296 g/mol. The molecule has 0 N–H and O–H groups in total. The molecule has 20 heavy (non-hydrogen) atoms. The van der Waals surface area contributed by atoms with Crippen molar-refractivity contribution >= 4 is 24.8 Å². The van der Waals surface area contributed by atoms with Gasteiger partial charge in [-0.2, -0.15) is 0 Å². The number of rotatable bonds is 5. The van der Waals surface area contributed by atoms with Gasteiger partial charge in [0.25, 0.3) is 0 Å². The zero-order chi connectivity index (χ0) is 15.8. The van der Waals surface area contributed by atoms with Gasteiger partial charge in [-0.15, -0.1) is 0 Å². The molecule has 0 heterocycles. The third-order valence-corrected chi connectivity index (χ3v) is 3.45. The van der Waals surface area contributed by atoms with Gasteiger partial charge in [0, 0.05) is 27.3 Å². The predicted octanol–water partition coefficient (Wildman–Crippen LogP) is 1.38. The molecule has 0 saturated heterocycles. The minimum Gasteiger partial charge on any atom is -0.542 e. The largest absolute Gasteiger partial charge is 0.542 e. The van der Waals surface area contributed by atoms with Gasteiger partial charge < -0.3 is 9.90 Å².